The zero-order chi connectivity index (χ0) is 13.1. The Kier molecular flexibility index (Phi) is 4.14. The van der Waals surface area contributed by atoms with Crippen molar-refractivity contribution in [2.24, 2.45) is 5.73 Å². The lowest BCUT2D eigenvalue weighted by molar-refractivity contribution is 0.630. The molecule has 96 valence electrons. The minimum absolute atomic E-state index is 0.249. The van der Waals surface area contributed by atoms with Crippen molar-refractivity contribution in [1.82, 2.24) is 9.97 Å². The summed E-state index contributed by atoms with van der Waals surface area (Å²) in [6.07, 6.45) is 2.52. The van der Waals surface area contributed by atoms with E-state index >= 15 is 0 Å². The molecule has 0 spiro atoms. The molecule has 0 aliphatic carbocycles. The van der Waals surface area contributed by atoms with E-state index in [1.54, 1.807) is 18.3 Å². The molecule has 18 heavy (non-hydrogen) atoms. The number of aromatic amines is 1. The molecule has 0 aliphatic heterocycles. The van der Waals surface area contributed by atoms with E-state index in [4.69, 9.17) is 5.73 Å². The normalized spacial score (nSPS) is 12.7. The van der Waals surface area contributed by atoms with Gasteiger partial charge < -0.3 is 10.7 Å². The van der Waals surface area contributed by atoms with Crippen LogP contribution in [0.1, 0.15) is 25.1 Å². The molecule has 5 heteroatoms. The van der Waals surface area contributed by atoms with E-state index < -0.39 is 0 Å². The molecule has 3 N–H and O–H groups in total. The highest BCUT2D eigenvalue weighted by Gasteiger charge is 2.12. The highest BCUT2D eigenvalue weighted by molar-refractivity contribution is 9.10. The molecular formula is C13H15BrFN3. The van der Waals surface area contributed by atoms with Gasteiger partial charge in [-0.25, -0.2) is 9.37 Å². The van der Waals surface area contributed by atoms with Crippen LogP contribution in [0, 0.1) is 5.82 Å². The van der Waals surface area contributed by atoms with Crippen molar-refractivity contribution >= 4 is 15.9 Å². The van der Waals surface area contributed by atoms with Crippen LogP contribution in [-0.2, 0) is 0 Å². The van der Waals surface area contributed by atoms with Crippen molar-refractivity contribution in [3.8, 4) is 11.3 Å². The number of aromatic nitrogens is 2. The van der Waals surface area contributed by atoms with Gasteiger partial charge in [-0.05, 0) is 31.2 Å². The standard InChI is InChI=1S/C13H15BrFN3/c1-8(4-5-16)13-17-7-12(18-13)10-6-9(14)2-3-11(10)15/h2-3,6-8H,4-5,16H2,1H3,(H,17,18). The Morgan fingerprint density at radius 2 is 2.28 bits per heavy atom. The van der Waals surface area contributed by atoms with Crippen LogP contribution in [0.3, 0.4) is 0 Å². The van der Waals surface area contributed by atoms with Gasteiger partial charge in [0.25, 0.3) is 0 Å². The lowest BCUT2D eigenvalue weighted by Crippen LogP contribution is -2.05. The molecule has 1 aromatic heterocycles. The Hall–Kier alpha value is -1.20. The third-order valence-electron chi connectivity index (χ3n) is 2.88. The van der Waals surface area contributed by atoms with Crippen LogP contribution in [0.25, 0.3) is 11.3 Å². The number of rotatable bonds is 4. The summed E-state index contributed by atoms with van der Waals surface area (Å²) in [7, 11) is 0. The van der Waals surface area contributed by atoms with E-state index in [1.165, 1.54) is 6.07 Å². The Bertz CT molecular complexity index is 539. The number of halogens is 2. The zero-order valence-electron chi connectivity index (χ0n) is 10.1. The molecule has 0 bridgehead atoms. The molecule has 0 amide bonds. The summed E-state index contributed by atoms with van der Waals surface area (Å²) in [6, 6.07) is 4.84. The molecular weight excluding hydrogens is 297 g/mol. The summed E-state index contributed by atoms with van der Waals surface area (Å²) in [4.78, 5) is 7.44. The van der Waals surface area contributed by atoms with Crippen LogP contribution in [0.2, 0.25) is 0 Å². The predicted molar refractivity (Wildman–Crippen MR) is 73.8 cm³/mol. The van der Waals surface area contributed by atoms with Gasteiger partial charge in [0.2, 0.25) is 0 Å². The van der Waals surface area contributed by atoms with Crippen molar-refractivity contribution < 1.29 is 4.39 Å². The second kappa shape index (κ2) is 5.63. The maximum Gasteiger partial charge on any atom is 0.132 e. The average Bonchev–Trinajstić information content (AvgIpc) is 2.82. The third kappa shape index (κ3) is 2.79. The van der Waals surface area contributed by atoms with Gasteiger partial charge in [-0.15, -0.1) is 0 Å². The van der Waals surface area contributed by atoms with E-state index in [0.29, 0.717) is 17.8 Å². The maximum atomic E-state index is 13.7. The third-order valence-corrected chi connectivity index (χ3v) is 3.37. The summed E-state index contributed by atoms with van der Waals surface area (Å²) in [6.45, 7) is 2.66. The zero-order valence-corrected chi connectivity index (χ0v) is 11.7. The van der Waals surface area contributed by atoms with Crippen molar-refractivity contribution in [2.45, 2.75) is 19.3 Å². The van der Waals surface area contributed by atoms with Gasteiger partial charge in [0, 0.05) is 16.0 Å². The van der Waals surface area contributed by atoms with E-state index in [0.717, 1.165) is 16.7 Å². The summed E-state index contributed by atoms with van der Waals surface area (Å²) in [5, 5.41) is 0. The molecule has 2 rings (SSSR count). The number of nitrogens with two attached hydrogens (primary N) is 1. The molecule has 0 fully saturated rings. The first-order chi connectivity index (χ1) is 8.61. The Labute approximate surface area is 114 Å². The van der Waals surface area contributed by atoms with Gasteiger partial charge in [0.15, 0.2) is 0 Å². The van der Waals surface area contributed by atoms with Crippen molar-refractivity contribution in [1.29, 1.82) is 0 Å². The van der Waals surface area contributed by atoms with Crippen LogP contribution >= 0.6 is 15.9 Å². The van der Waals surface area contributed by atoms with Gasteiger partial charge in [0.05, 0.1) is 11.9 Å². The average molecular weight is 312 g/mol. The lowest BCUT2D eigenvalue weighted by Gasteiger charge is -2.06. The van der Waals surface area contributed by atoms with Gasteiger partial charge in [-0.3, -0.25) is 0 Å². The quantitative estimate of drug-likeness (QED) is 0.909. The Morgan fingerprint density at radius 3 is 3.00 bits per heavy atom. The van der Waals surface area contributed by atoms with Crippen LogP contribution in [0.5, 0.6) is 0 Å². The van der Waals surface area contributed by atoms with Crippen molar-refractivity contribution in [3.63, 3.8) is 0 Å². The molecule has 0 saturated carbocycles. The number of hydrogen-bond acceptors (Lipinski definition) is 2. The number of nitrogens with zero attached hydrogens (tertiary/aromatic N) is 1. The molecule has 1 aromatic carbocycles. The molecule has 1 heterocycles. The fourth-order valence-electron chi connectivity index (χ4n) is 1.81. The van der Waals surface area contributed by atoms with Crippen molar-refractivity contribution in [3.05, 3.63) is 40.5 Å². The summed E-state index contributed by atoms with van der Waals surface area (Å²) >= 11 is 3.34. The van der Waals surface area contributed by atoms with E-state index in [2.05, 4.69) is 25.9 Å². The minimum Gasteiger partial charge on any atom is -0.342 e. The molecule has 0 radical (unpaired) electrons. The summed E-state index contributed by atoms with van der Waals surface area (Å²) in [5.41, 5.74) is 6.73. The first-order valence-corrected chi connectivity index (χ1v) is 6.61. The molecule has 3 nitrogen and oxygen atoms in total. The summed E-state index contributed by atoms with van der Waals surface area (Å²) < 4.78 is 14.6. The minimum atomic E-state index is -0.264. The molecule has 1 unspecified atom stereocenters. The Morgan fingerprint density at radius 1 is 1.50 bits per heavy atom. The number of H-pyrrole nitrogens is 1. The SMILES string of the molecule is CC(CCN)c1ncc(-c2cc(Br)ccc2F)[nH]1. The fraction of sp³-hybridized carbons (Fsp3) is 0.308. The number of imidazole rings is 1. The molecule has 2 aromatic rings. The fourth-order valence-corrected chi connectivity index (χ4v) is 2.18. The largest absolute Gasteiger partial charge is 0.342 e. The first kappa shape index (κ1) is 13.2. The number of benzene rings is 1. The molecule has 0 aliphatic rings. The molecule has 0 saturated heterocycles. The van der Waals surface area contributed by atoms with Crippen LogP contribution in [0.4, 0.5) is 4.39 Å². The highest BCUT2D eigenvalue weighted by atomic mass is 79.9. The van der Waals surface area contributed by atoms with Gasteiger partial charge in [-0.1, -0.05) is 22.9 Å². The second-order valence-electron chi connectivity index (χ2n) is 4.28. The van der Waals surface area contributed by atoms with E-state index in [1.807, 2.05) is 6.92 Å². The van der Waals surface area contributed by atoms with Crippen LogP contribution in [-0.4, -0.2) is 16.5 Å². The van der Waals surface area contributed by atoms with E-state index in [9.17, 15) is 4.39 Å². The maximum absolute atomic E-state index is 13.7. The topological polar surface area (TPSA) is 54.7 Å². The molecule has 1 atom stereocenters. The lowest BCUT2D eigenvalue weighted by atomic mass is 10.1. The van der Waals surface area contributed by atoms with Gasteiger partial charge in [-0.2, -0.15) is 0 Å². The summed E-state index contributed by atoms with van der Waals surface area (Å²) in [5.74, 6) is 0.827. The van der Waals surface area contributed by atoms with E-state index in [-0.39, 0.29) is 11.7 Å². The second-order valence-corrected chi connectivity index (χ2v) is 5.20. The van der Waals surface area contributed by atoms with Gasteiger partial charge in [0.1, 0.15) is 11.6 Å². The van der Waals surface area contributed by atoms with Gasteiger partial charge >= 0.3 is 0 Å². The smallest absolute Gasteiger partial charge is 0.132 e. The van der Waals surface area contributed by atoms with Crippen molar-refractivity contribution in [2.75, 3.05) is 6.54 Å². The van der Waals surface area contributed by atoms with Crippen LogP contribution < -0.4 is 5.73 Å². The predicted octanol–water partition coefficient (Wildman–Crippen LogP) is 3.43. The highest BCUT2D eigenvalue weighted by Crippen LogP contribution is 2.26. The van der Waals surface area contributed by atoms with Crippen LogP contribution in [0.15, 0.2) is 28.9 Å². The number of nitrogens with one attached hydrogen (secondary N) is 1. The monoisotopic (exact) mass is 311 g/mol. The Balaban J connectivity index is 2.32. The number of hydrogen-bond donors (Lipinski definition) is 2. The first-order valence-electron chi connectivity index (χ1n) is 5.82.